The molecule has 1 fully saturated rings. The molecule has 0 bridgehead atoms. The Morgan fingerprint density at radius 2 is 2.10 bits per heavy atom. The monoisotopic (exact) mass is 283 g/mol. The smallest absolute Gasteiger partial charge is 0.128 e. The van der Waals surface area contributed by atoms with Gasteiger partial charge in [-0.1, -0.05) is 12.1 Å². The Labute approximate surface area is 125 Å². The molecule has 110 valence electrons. The van der Waals surface area contributed by atoms with Gasteiger partial charge in [-0.25, -0.2) is 4.98 Å². The van der Waals surface area contributed by atoms with Gasteiger partial charge in [0.25, 0.3) is 0 Å². The third-order valence-corrected chi connectivity index (χ3v) is 4.08. The van der Waals surface area contributed by atoms with Crippen LogP contribution in [0.1, 0.15) is 24.5 Å². The van der Waals surface area contributed by atoms with Crippen molar-refractivity contribution in [1.29, 1.82) is 0 Å². The first-order chi connectivity index (χ1) is 10.3. The summed E-state index contributed by atoms with van der Waals surface area (Å²) < 4.78 is 5.43. The Kier molecular flexibility index (Phi) is 4.15. The van der Waals surface area contributed by atoms with Crippen molar-refractivity contribution in [3.8, 4) is 17.0 Å². The number of aromatic nitrogens is 2. The quantitative estimate of drug-likeness (QED) is 0.868. The maximum Gasteiger partial charge on any atom is 0.128 e. The molecule has 1 aliphatic rings. The van der Waals surface area contributed by atoms with Crippen molar-refractivity contribution in [1.82, 2.24) is 14.9 Å². The maximum absolute atomic E-state index is 5.43. The average Bonchev–Trinajstić information content (AvgIpc) is 2.55. The van der Waals surface area contributed by atoms with Gasteiger partial charge in [-0.3, -0.25) is 4.98 Å². The van der Waals surface area contributed by atoms with Crippen LogP contribution in [0.25, 0.3) is 11.3 Å². The summed E-state index contributed by atoms with van der Waals surface area (Å²) in [5, 5.41) is 0. The van der Waals surface area contributed by atoms with E-state index in [9.17, 15) is 0 Å². The highest BCUT2D eigenvalue weighted by Gasteiger charge is 2.21. The van der Waals surface area contributed by atoms with E-state index >= 15 is 0 Å². The van der Waals surface area contributed by atoms with E-state index in [0.29, 0.717) is 5.92 Å². The van der Waals surface area contributed by atoms with Crippen LogP contribution < -0.4 is 4.74 Å². The van der Waals surface area contributed by atoms with Gasteiger partial charge in [-0.05, 0) is 38.6 Å². The second-order valence-electron chi connectivity index (χ2n) is 5.63. The minimum atomic E-state index is 0.478. The maximum atomic E-state index is 5.43. The molecule has 4 nitrogen and oxygen atoms in total. The van der Waals surface area contributed by atoms with Crippen molar-refractivity contribution in [2.24, 2.45) is 0 Å². The van der Waals surface area contributed by atoms with Crippen LogP contribution in [0.3, 0.4) is 0 Å². The molecule has 4 heteroatoms. The number of nitrogens with zero attached hydrogens (tertiary/aromatic N) is 3. The zero-order valence-electron chi connectivity index (χ0n) is 12.6. The molecular formula is C17H21N3O. The van der Waals surface area contributed by atoms with E-state index in [0.717, 1.165) is 29.2 Å². The standard InChI is InChI=1S/C17H21N3O/c1-20-9-5-6-13(12-20)15-10-18-11-16(19-15)14-7-3-4-8-17(14)21-2/h3-4,7-8,10-11,13H,5-6,9,12H2,1-2H3. The third-order valence-electron chi connectivity index (χ3n) is 4.08. The Morgan fingerprint density at radius 1 is 1.24 bits per heavy atom. The molecule has 0 saturated carbocycles. The van der Waals surface area contributed by atoms with Crippen LogP contribution >= 0.6 is 0 Å². The fourth-order valence-corrected chi connectivity index (χ4v) is 2.97. The lowest BCUT2D eigenvalue weighted by Crippen LogP contribution is -2.31. The zero-order chi connectivity index (χ0) is 14.7. The normalized spacial score (nSPS) is 19.4. The first-order valence-corrected chi connectivity index (χ1v) is 7.42. The van der Waals surface area contributed by atoms with Crippen molar-refractivity contribution in [3.05, 3.63) is 42.4 Å². The lowest BCUT2D eigenvalue weighted by Gasteiger charge is -2.29. The molecule has 0 aliphatic carbocycles. The van der Waals surface area contributed by atoms with E-state index in [1.165, 1.54) is 19.4 Å². The van der Waals surface area contributed by atoms with Crippen LogP contribution in [-0.4, -0.2) is 42.1 Å². The SMILES string of the molecule is COc1ccccc1-c1cncc(C2CCCN(C)C2)n1. The van der Waals surface area contributed by atoms with E-state index in [-0.39, 0.29) is 0 Å². The summed E-state index contributed by atoms with van der Waals surface area (Å²) in [4.78, 5) is 11.6. The molecule has 2 heterocycles. The average molecular weight is 283 g/mol. The number of likely N-dealkylation sites (N-methyl/N-ethyl adjacent to an activating group) is 1. The molecular weight excluding hydrogens is 262 g/mol. The molecule has 0 radical (unpaired) electrons. The number of methoxy groups -OCH3 is 1. The van der Waals surface area contributed by atoms with Crippen molar-refractivity contribution in [2.75, 3.05) is 27.2 Å². The Balaban J connectivity index is 1.92. The second-order valence-corrected chi connectivity index (χ2v) is 5.63. The third kappa shape index (κ3) is 3.05. The highest BCUT2D eigenvalue weighted by molar-refractivity contribution is 5.66. The number of ether oxygens (including phenoxy) is 1. The molecule has 1 atom stereocenters. The van der Waals surface area contributed by atoms with Gasteiger partial charge in [-0.2, -0.15) is 0 Å². The predicted molar refractivity (Wildman–Crippen MR) is 83.5 cm³/mol. The van der Waals surface area contributed by atoms with Crippen LogP contribution in [-0.2, 0) is 0 Å². The van der Waals surface area contributed by atoms with E-state index < -0.39 is 0 Å². The number of likely N-dealkylation sites (tertiary alicyclic amines) is 1. The van der Waals surface area contributed by atoms with Gasteiger partial charge in [0.2, 0.25) is 0 Å². The number of rotatable bonds is 3. The van der Waals surface area contributed by atoms with Crippen molar-refractivity contribution in [3.63, 3.8) is 0 Å². The van der Waals surface area contributed by atoms with Gasteiger partial charge in [0, 0.05) is 24.2 Å². The highest BCUT2D eigenvalue weighted by atomic mass is 16.5. The van der Waals surface area contributed by atoms with Crippen LogP contribution in [0.5, 0.6) is 5.75 Å². The highest BCUT2D eigenvalue weighted by Crippen LogP contribution is 2.30. The Hall–Kier alpha value is -1.94. The molecule has 1 unspecified atom stereocenters. The van der Waals surface area contributed by atoms with E-state index in [1.54, 1.807) is 7.11 Å². The second kappa shape index (κ2) is 6.22. The lowest BCUT2D eigenvalue weighted by atomic mass is 9.95. The number of hydrogen-bond acceptors (Lipinski definition) is 4. The van der Waals surface area contributed by atoms with Crippen LogP contribution in [0.4, 0.5) is 0 Å². The molecule has 0 N–H and O–H groups in total. The predicted octanol–water partition coefficient (Wildman–Crippen LogP) is 2.96. The van der Waals surface area contributed by atoms with Crippen LogP contribution in [0, 0.1) is 0 Å². The fourth-order valence-electron chi connectivity index (χ4n) is 2.97. The van der Waals surface area contributed by atoms with Gasteiger partial charge in [0.05, 0.1) is 24.7 Å². The molecule has 2 aromatic rings. The Morgan fingerprint density at radius 3 is 2.90 bits per heavy atom. The van der Waals surface area contributed by atoms with E-state index in [4.69, 9.17) is 9.72 Å². The lowest BCUT2D eigenvalue weighted by molar-refractivity contribution is 0.248. The van der Waals surface area contributed by atoms with Crippen LogP contribution in [0.2, 0.25) is 0 Å². The molecule has 3 rings (SSSR count). The molecule has 1 aliphatic heterocycles. The summed E-state index contributed by atoms with van der Waals surface area (Å²) in [5.74, 6) is 1.32. The summed E-state index contributed by atoms with van der Waals surface area (Å²) in [6.07, 6.45) is 6.13. The molecule has 0 amide bonds. The van der Waals surface area contributed by atoms with Crippen LogP contribution in [0.15, 0.2) is 36.7 Å². The summed E-state index contributed by atoms with van der Waals surface area (Å²) >= 11 is 0. The summed E-state index contributed by atoms with van der Waals surface area (Å²) in [5.41, 5.74) is 2.97. The zero-order valence-corrected chi connectivity index (χ0v) is 12.6. The van der Waals surface area contributed by atoms with Gasteiger partial charge in [0.1, 0.15) is 5.75 Å². The van der Waals surface area contributed by atoms with Crippen molar-refractivity contribution < 1.29 is 4.74 Å². The van der Waals surface area contributed by atoms with Gasteiger partial charge in [0.15, 0.2) is 0 Å². The van der Waals surface area contributed by atoms with Crippen molar-refractivity contribution >= 4 is 0 Å². The minimum absolute atomic E-state index is 0.478. The first-order valence-electron chi connectivity index (χ1n) is 7.42. The molecule has 1 aromatic carbocycles. The molecule has 1 aromatic heterocycles. The van der Waals surface area contributed by atoms with E-state index in [2.05, 4.69) is 16.9 Å². The summed E-state index contributed by atoms with van der Waals surface area (Å²) in [7, 11) is 3.86. The summed E-state index contributed by atoms with van der Waals surface area (Å²) in [6, 6.07) is 7.95. The van der Waals surface area contributed by atoms with Gasteiger partial charge in [-0.15, -0.1) is 0 Å². The fraction of sp³-hybridized carbons (Fsp3) is 0.412. The first kappa shape index (κ1) is 14.0. The summed E-state index contributed by atoms with van der Waals surface area (Å²) in [6.45, 7) is 2.24. The van der Waals surface area contributed by atoms with E-state index in [1.807, 2.05) is 36.7 Å². The van der Waals surface area contributed by atoms with Gasteiger partial charge >= 0.3 is 0 Å². The minimum Gasteiger partial charge on any atom is -0.496 e. The number of piperidine rings is 1. The molecule has 21 heavy (non-hydrogen) atoms. The van der Waals surface area contributed by atoms with Gasteiger partial charge < -0.3 is 9.64 Å². The number of para-hydroxylation sites is 1. The number of hydrogen-bond donors (Lipinski definition) is 0. The number of benzene rings is 1. The molecule has 1 saturated heterocycles. The molecule has 0 spiro atoms. The van der Waals surface area contributed by atoms with Crippen molar-refractivity contribution in [2.45, 2.75) is 18.8 Å². The largest absolute Gasteiger partial charge is 0.496 e. The topological polar surface area (TPSA) is 38.2 Å². The Bertz CT molecular complexity index is 614.